The quantitative estimate of drug-likeness (QED) is 0.623. The van der Waals surface area contributed by atoms with E-state index in [1.165, 1.54) is 6.07 Å². The number of thioether (sulfide) groups is 1. The van der Waals surface area contributed by atoms with Crippen LogP contribution in [0.1, 0.15) is 11.1 Å². The lowest BCUT2D eigenvalue weighted by molar-refractivity contribution is 0.627. The summed E-state index contributed by atoms with van der Waals surface area (Å²) in [5.74, 6) is -0.423. The minimum atomic E-state index is -0.423. The van der Waals surface area contributed by atoms with E-state index in [4.69, 9.17) is 29.6 Å². The van der Waals surface area contributed by atoms with Gasteiger partial charge in [-0.2, -0.15) is 0 Å². The maximum Gasteiger partial charge on any atom is 0.141 e. The molecule has 0 aliphatic rings. The number of hydrogen-bond acceptors (Lipinski definition) is 3. The van der Waals surface area contributed by atoms with Gasteiger partial charge < -0.3 is 11.1 Å². The first-order chi connectivity index (χ1) is 10.0. The van der Waals surface area contributed by atoms with Crippen LogP contribution in [0.4, 0.5) is 10.1 Å². The van der Waals surface area contributed by atoms with Gasteiger partial charge in [0.2, 0.25) is 0 Å². The van der Waals surface area contributed by atoms with Gasteiger partial charge in [0, 0.05) is 22.7 Å². The molecule has 110 valence electrons. The highest BCUT2D eigenvalue weighted by Gasteiger charge is 2.10. The fraction of sp³-hybridized carbons (Fsp3) is 0.133. The zero-order valence-electron chi connectivity index (χ0n) is 11.3. The van der Waals surface area contributed by atoms with Crippen LogP contribution in [0.3, 0.4) is 0 Å². The Morgan fingerprint density at radius 1 is 1.38 bits per heavy atom. The second-order valence-corrected chi connectivity index (χ2v) is 6.04. The summed E-state index contributed by atoms with van der Waals surface area (Å²) >= 11 is 12.5. The predicted octanol–water partition coefficient (Wildman–Crippen LogP) is 4.45. The van der Waals surface area contributed by atoms with Crippen molar-refractivity contribution < 1.29 is 4.39 Å². The average molecular weight is 341 g/mol. The number of nitrogens with one attached hydrogen (secondary N) is 1. The lowest BCUT2D eigenvalue weighted by Gasteiger charge is -2.14. The molecule has 2 aromatic rings. The molecule has 0 amide bonds. The summed E-state index contributed by atoms with van der Waals surface area (Å²) in [5, 5.41) is 3.38. The van der Waals surface area contributed by atoms with E-state index in [2.05, 4.69) is 5.32 Å². The number of benzene rings is 2. The van der Waals surface area contributed by atoms with E-state index in [0.29, 0.717) is 11.5 Å². The molecule has 0 heterocycles. The summed E-state index contributed by atoms with van der Waals surface area (Å²) in [5.41, 5.74) is 8.37. The highest BCUT2D eigenvalue weighted by Crippen LogP contribution is 2.27. The number of rotatable bonds is 5. The monoisotopic (exact) mass is 340 g/mol. The molecule has 0 radical (unpaired) electrons. The van der Waals surface area contributed by atoms with E-state index in [9.17, 15) is 4.39 Å². The SMILES string of the molecule is CSc1cccc(NCc2ccc(F)c(Cl)c2)c1C(N)=S. The topological polar surface area (TPSA) is 38.0 Å². The molecule has 0 fully saturated rings. The van der Waals surface area contributed by atoms with Crippen LogP contribution in [0.15, 0.2) is 41.3 Å². The Bertz CT molecular complexity index is 677. The first kappa shape index (κ1) is 16.1. The van der Waals surface area contributed by atoms with Crippen LogP contribution in [0.25, 0.3) is 0 Å². The van der Waals surface area contributed by atoms with Crippen LogP contribution in [0.5, 0.6) is 0 Å². The molecule has 2 aromatic carbocycles. The molecule has 6 heteroatoms. The zero-order valence-corrected chi connectivity index (χ0v) is 13.7. The zero-order chi connectivity index (χ0) is 15.4. The Morgan fingerprint density at radius 2 is 2.14 bits per heavy atom. The van der Waals surface area contributed by atoms with Gasteiger partial charge in [-0.05, 0) is 36.1 Å². The number of thiocarbonyl (C=S) groups is 1. The summed E-state index contributed by atoms with van der Waals surface area (Å²) in [6.45, 7) is 0.507. The second kappa shape index (κ2) is 7.11. The molecule has 0 saturated carbocycles. The molecule has 3 N–H and O–H groups in total. The van der Waals surface area contributed by atoms with E-state index in [1.807, 2.05) is 24.5 Å². The Labute approximate surface area is 137 Å². The standard InChI is InChI=1S/C15H14ClFN2S2/c1-21-13-4-2-3-12(14(13)15(18)20)19-8-9-5-6-11(17)10(16)7-9/h2-7,19H,8H2,1H3,(H2,18,20). The molecule has 0 aromatic heterocycles. The van der Waals surface area contributed by atoms with Gasteiger partial charge in [-0.1, -0.05) is 36.0 Å². The molecule has 2 nitrogen and oxygen atoms in total. The van der Waals surface area contributed by atoms with Crippen molar-refractivity contribution >= 4 is 46.3 Å². The number of anilines is 1. The summed E-state index contributed by atoms with van der Waals surface area (Å²) in [7, 11) is 0. The summed E-state index contributed by atoms with van der Waals surface area (Å²) in [6, 6.07) is 10.5. The van der Waals surface area contributed by atoms with Crippen LogP contribution in [-0.4, -0.2) is 11.2 Å². The lowest BCUT2D eigenvalue weighted by Crippen LogP contribution is -2.14. The molecular formula is C15H14ClFN2S2. The normalized spacial score (nSPS) is 10.4. The van der Waals surface area contributed by atoms with Crippen molar-refractivity contribution in [1.29, 1.82) is 0 Å². The molecule has 0 atom stereocenters. The fourth-order valence-corrected chi connectivity index (χ4v) is 3.08. The van der Waals surface area contributed by atoms with Crippen molar-refractivity contribution in [3.05, 3.63) is 58.4 Å². The van der Waals surface area contributed by atoms with E-state index < -0.39 is 5.82 Å². The third-order valence-electron chi connectivity index (χ3n) is 2.96. The van der Waals surface area contributed by atoms with Gasteiger partial charge in [0.15, 0.2) is 0 Å². The van der Waals surface area contributed by atoms with Gasteiger partial charge in [-0.25, -0.2) is 4.39 Å². The summed E-state index contributed by atoms with van der Waals surface area (Å²) < 4.78 is 13.1. The van der Waals surface area contributed by atoms with Crippen molar-refractivity contribution in [1.82, 2.24) is 0 Å². The van der Waals surface area contributed by atoms with Crippen LogP contribution < -0.4 is 11.1 Å². The van der Waals surface area contributed by atoms with Gasteiger partial charge in [0.25, 0.3) is 0 Å². The highest BCUT2D eigenvalue weighted by molar-refractivity contribution is 7.98. The smallest absolute Gasteiger partial charge is 0.141 e. The van der Waals surface area contributed by atoms with Crippen molar-refractivity contribution in [2.24, 2.45) is 5.73 Å². The van der Waals surface area contributed by atoms with Crippen molar-refractivity contribution in [2.45, 2.75) is 11.4 Å². The Balaban J connectivity index is 2.23. The maximum absolute atomic E-state index is 13.1. The highest BCUT2D eigenvalue weighted by atomic mass is 35.5. The van der Waals surface area contributed by atoms with Gasteiger partial charge in [-0.3, -0.25) is 0 Å². The molecule has 2 rings (SSSR count). The molecule has 0 aliphatic carbocycles. The van der Waals surface area contributed by atoms with Gasteiger partial charge in [0.1, 0.15) is 10.8 Å². The second-order valence-electron chi connectivity index (χ2n) is 4.35. The summed E-state index contributed by atoms with van der Waals surface area (Å²) in [4.78, 5) is 1.37. The molecule has 0 spiro atoms. The minimum absolute atomic E-state index is 0.113. The van der Waals surface area contributed by atoms with Gasteiger partial charge in [0.05, 0.1) is 5.02 Å². The maximum atomic E-state index is 13.1. The Hall–Kier alpha value is -1.30. The molecule has 0 unspecified atom stereocenters. The van der Waals surface area contributed by atoms with E-state index in [-0.39, 0.29) is 5.02 Å². The van der Waals surface area contributed by atoms with Crippen LogP contribution in [0.2, 0.25) is 5.02 Å². The van der Waals surface area contributed by atoms with Crippen LogP contribution in [-0.2, 0) is 6.54 Å². The molecule has 21 heavy (non-hydrogen) atoms. The van der Waals surface area contributed by atoms with Crippen molar-refractivity contribution in [2.75, 3.05) is 11.6 Å². The Kier molecular flexibility index (Phi) is 5.45. The molecular weight excluding hydrogens is 327 g/mol. The third-order valence-corrected chi connectivity index (χ3v) is 4.23. The Morgan fingerprint density at radius 3 is 2.76 bits per heavy atom. The predicted molar refractivity (Wildman–Crippen MR) is 92.8 cm³/mol. The summed E-state index contributed by atoms with van der Waals surface area (Å²) in [6.07, 6.45) is 1.97. The lowest BCUT2D eigenvalue weighted by atomic mass is 10.1. The first-order valence-corrected chi connectivity index (χ1v) is 8.18. The molecule has 0 bridgehead atoms. The van der Waals surface area contributed by atoms with Crippen molar-refractivity contribution in [3.8, 4) is 0 Å². The molecule has 0 saturated heterocycles. The van der Waals surface area contributed by atoms with Crippen LogP contribution in [0, 0.1) is 5.82 Å². The van der Waals surface area contributed by atoms with Gasteiger partial charge >= 0.3 is 0 Å². The van der Waals surface area contributed by atoms with E-state index >= 15 is 0 Å². The fourth-order valence-electron chi connectivity index (χ4n) is 1.95. The van der Waals surface area contributed by atoms with E-state index in [0.717, 1.165) is 21.7 Å². The van der Waals surface area contributed by atoms with Crippen molar-refractivity contribution in [3.63, 3.8) is 0 Å². The van der Waals surface area contributed by atoms with Crippen LogP contribution >= 0.6 is 35.6 Å². The van der Waals surface area contributed by atoms with E-state index in [1.54, 1.807) is 23.9 Å². The minimum Gasteiger partial charge on any atom is -0.389 e. The number of nitrogens with two attached hydrogens (primary N) is 1. The van der Waals surface area contributed by atoms with Gasteiger partial charge in [-0.15, -0.1) is 11.8 Å². The number of halogens is 2. The largest absolute Gasteiger partial charge is 0.389 e. The molecule has 0 aliphatic heterocycles. The third kappa shape index (κ3) is 3.87. The first-order valence-electron chi connectivity index (χ1n) is 6.17. The average Bonchev–Trinajstić information content (AvgIpc) is 2.47. The number of hydrogen-bond donors (Lipinski definition) is 2.